The Kier molecular flexibility index (Phi) is 5.56. The number of nitrogens with two attached hydrogens (primary N) is 1. The number of hydrogen-bond acceptors (Lipinski definition) is 6. The fourth-order valence-corrected chi connectivity index (χ4v) is 4.98. The molecule has 1 spiro atoms. The summed E-state index contributed by atoms with van der Waals surface area (Å²) in [7, 11) is 0. The minimum atomic E-state index is -1.75. The van der Waals surface area contributed by atoms with Gasteiger partial charge in [0, 0.05) is 36.1 Å². The first kappa shape index (κ1) is 22.6. The summed E-state index contributed by atoms with van der Waals surface area (Å²) in [5, 5.41) is 0. The summed E-state index contributed by atoms with van der Waals surface area (Å²) < 4.78 is 12.7. The van der Waals surface area contributed by atoms with Crippen LogP contribution in [0.1, 0.15) is 44.5 Å². The molecule has 0 aliphatic carbocycles. The van der Waals surface area contributed by atoms with Gasteiger partial charge in [-0.25, -0.2) is 4.79 Å². The van der Waals surface area contributed by atoms with Gasteiger partial charge in [-0.3, -0.25) is 9.59 Å². The summed E-state index contributed by atoms with van der Waals surface area (Å²) in [4.78, 5) is 43.1. The number of benzene rings is 1. The molecule has 1 aromatic carbocycles. The molecule has 2 aromatic rings. The lowest BCUT2D eigenvalue weighted by molar-refractivity contribution is -0.140. The maximum absolute atomic E-state index is 14.4. The van der Waals surface area contributed by atoms with Crippen LogP contribution in [0.3, 0.4) is 0 Å². The van der Waals surface area contributed by atoms with Gasteiger partial charge in [0.05, 0.1) is 12.2 Å². The standard InChI is InChI=1S/C25H29N3O5/c1-6-27-15(5)12-18-19(22(27)29)25(20(21(26)33-18)23(30)32-7-2)16-10-8-9-11-17(16)28(24(25)31)13-14(3)4/h8-12,14H,6-7,13,26H2,1-5H3/t25-/m1/s1. The Morgan fingerprint density at radius 3 is 2.55 bits per heavy atom. The first-order valence-corrected chi connectivity index (χ1v) is 11.2. The van der Waals surface area contributed by atoms with E-state index in [-0.39, 0.29) is 35.3 Å². The summed E-state index contributed by atoms with van der Waals surface area (Å²) in [5.41, 5.74) is 5.92. The molecule has 8 nitrogen and oxygen atoms in total. The molecule has 0 saturated carbocycles. The van der Waals surface area contributed by atoms with E-state index in [0.717, 1.165) is 0 Å². The number of anilines is 1. The van der Waals surface area contributed by atoms with Crippen molar-refractivity contribution in [3.05, 3.63) is 69.0 Å². The van der Waals surface area contributed by atoms with E-state index >= 15 is 0 Å². The van der Waals surface area contributed by atoms with Gasteiger partial charge in [-0.1, -0.05) is 32.0 Å². The molecule has 2 N–H and O–H groups in total. The Hall–Kier alpha value is -3.55. The van der Waals surface area contributed by atoms with Crippen molar-refractivity contribution in [2.45, 2.75) is 46.6 Å². The minimum Gasteiger partial charge on any atom is -0.462 e. The fraction of sp³-hybridized carbons (Fsp3) is 0.400. The van der Waals surface area contributed by atoms with Crippen LogP contribution < -0.4 is 20.9 Å². The number of amides is 1. The van der Waals surface area contributed by atoms with Crippen LogP contribution in [-0.4, -0.2) is 29.6 Å². The zero-order chi connectivity index (χ0) is 24.1. The molecular formula is C25H29N3O5. The molecule has 8 heteroatoms. The van der Waals surface area contributed by atoms with Crippen molar-refractivity contribution in [3.8, 4) is 5.75 Å². The number of rotatable bonds is 5. The summed E-state index contributed by atoms with van der Waals surface area (Å²) in [6, 6.07) is 8.90. The third-order valence-corrected chi connectivity index (χ3v) is 6.20. The molecule has 0 saturated heterocycles. The molecule has 3 heterocycles. The summed E-state index contributed by atoms with van der Waals surface area (Å²) in [5.74, 6) is -1.09. The van der Waals surface area contributed by atoms with Crippen LogP contribution in [0.5, 0.6) is 5.75 Å². The number of carbonyl (C=O) groups excluding carboxylic acids is 2. The number of aromatic nitrogens is 1. The van der Waals surface area contributed by atoms with Crippen LogP contribution in [0.25, 0.3) is 0 Å². The first-order valence-electron chi connectivity index (χ1n) is 11.2. The third kappa shape index (κ3) is 3.08. The topological polar surface area (TPSA) is 104 Å². The van der Waals surface area contributed by atoms with Gasteiger partial charge < -0.3 is 24.7 Å². The Bertz CT molecular complexity index is 1240. The molecule has 0 bridgehead atoms. The number of hydrogen-bond donors (Lipinski definition) is 1. The van der Waals surface area contributed by atoms with E-state index in [9.17, 15) is 14.4 Å². The van der Waals surface area contributed by atoms with Crippen LogP contribution >= 0.6 is 0 Å². The second-order valence-corrected chi connectivity index (χ2v) is 8.71. The molecule has 1 atom stereocenters. The van der Waals surface area contributed by atoms with Crippen molar-refractivity contribution in [3.63, 3.8) is 0 Å². The van der Waals surface area contributed by atoms with Crippen molar-refractivity contribution in [2.75, 3.05) is 18.1 Å². The quantitative estimate of drug-likeness (QED) is 0.701. The van der Waals surface area contributed by atoms with E-state index in [1.54, 1.807) is 41.5 Å². The van der Waals surface area contributed by atoms with Crippen molar-refractivity contribution in [2.24, 2.45) is 11.7 Å². The number of carbonyl (C=O) groups is 2. The Labute approximate surface area is 192 Å². The molecule has 0 radical (unpaired) electrons. The monoisotopic (exact) mass is 451 g/mol. The van der Waals surface area contributed by atoms with Crippen LogP contribution in [0.15, 0.2) is 46.6 Å². The van der Waals surface area contributed by atoms with Gasteiger partial charge in [0.25, 0.3) is 5.56 Å². The number of esters is 1. The molecule has 1 amide bonds. The maximum Gasteiger partial charge on any atom is 0.341 e. The highest BCUT2D eigenvalue weighted by Crippen LogP contribution is 2.54. The van der Waals surface area contributed by atoms with Crippen molar-refractivity contribution >= 4 is 17.6 Å². The van der Waals surface area contributed by atoms with Crippen LogP contribution in [0.2, 0.25) is 0 Å². The van der Waals surface area contributed by atoms with Gasteiger partial charge in [-0.2, -0.15) is 0 Å². The average molecular weight is 452 g/mol. The number of ether oxygens (including phenoxy) is 2. The third-order valence-electron chi connectivity index (χ3n) is 6.20. The smallest absolute Gasteiger partial charge is 0.341 e. The Morgan fingerprint density at radius 2 is 1.91 bits per heavy atom. The average Bonchev–Trinajstić information content (AvgIpc) is 2.97. The van der Waals surface area contributed by atoms with Crippen molar-refractivity contribution in [1.82, 2.24) is 4.57 Å². The zero-order valence-electron chi connectivity index (χ0n) is 19.6. The number of para-hydroxylation sites is 1. The van der Waals surface area contributed by atoms with Gasteiger partial charge in [0.15, 0.2) is 0 Å². The highest BCUT2D eigenvalue weighted by molar-refractivity contribution is 6.18. The van der Waals surface area contributed by atoms with Gasteiger partial charge in [-0.15, -0.1) is 0 Å². The zero-order valence-corrected chi connectivity index (χ0v) is 19.6. The van der Waals surface area contributed by atoms with Gasteiger partial charge >= 0.3 is 5.97 Å². The minimum absolute atomic E-state index is 0.0805. The van der Waals surface area contributed by atoms with E-state index in [1.165, 1.54) is 0 Å². The van der Waals surface area contributed by atoms with Crippen molar-refractivity contribution < 1.29 is 19.1 Å². The fourth-order valence-electron chi connectivity index (χ4n) is 4.98. The predicted molar refractivity (Wildman–Crippen MR) is 124 cm³/mol. The van der Waals surface area contributed by atoms with Crippen LogP contribution in [0, 0.1) is 12.8 Å². The SMILES string of the molecule is CCOC(=O)C1=C(N)Oc2cc(C)n(CC)c(=O)c2[C@@]12C(=O)N(CC(C)C)c1ccccc12. The summed E-state index contributed by atoms with van der Waals surface area (Å²) >= 11 is 0. The molecule has 0 fully saturated rings. The van der Waals surface area contributed by atoms with Gasteiger partial charge in [0.1, 0.15) is 16.7 Å². The largest absolute Gasteiger partial charge is 0.462 e. The van der Waals surface area contributed by atoms with E-state index in [1.807, 2.05) is 32.9 Å². The lowest BCUT2D eigenvalue weighted by atomic mass is 9.68. The second kappa shape index (κ2) is 8.10. The molecule has 2 aliphatic rings. The van der Waals surface area contributed by atoms with Crippen LogP contribution in [-0.2, 0) is 26.3 Å². The summed E-state index contributed by atoms with van der Waals surface area (Å²) in [6.07, 6.45) is 0. The maximum atomic E-state index is 14.4. The number of fused-ring (bicyclic) bond motifs is 4. The molecule has 2 aliphatic heterocycles. The number of aryl methyl sites for hydroxylation is 1. The normalized spacial score (nSPS) is 19.1. The predicted octanol–water partition coefficient (Wildman–Crippen LogP) is 2.59. The Morgan fingerprint density at radius 1 is 1.21 bits per heavy atom. The molecule has 0 unspecified atom stereocenters. The van der Waals surface area contributed by atoms with E-state index in [4.69, 9.17) is 15.2 Å². The highest BCUT2D eigenvalue weighted by atomic mass is 16.5. The van der Waals surface area contributed by atoms with E-state index in [0.29, 0.717) is 30.0 Å². The lowest BCUT2D eigenvalue weighted by Crippen LogP contribution is -2.52. The highest BCUT2D eigenvalue weighted by Gasteiger charge is 2.62. The molecule has 1 aromatic heterocycles. The van der Waals surface area contributed by atoms with Crippen molar-refractivity contribution in [1.29, 1.82) is 0 Å². The number of nitrogens with zero attached hydrogens (tertiary/aromatic N) is 2. The first-order chi connectivity index (χ1) is 15.7. The molecular weight excluding hydrogens is 422 g/mol. The Balaban J connectivity index is 2.18. The van der Waals surface area contributed by atoms with E-state index in [2.05, 4.69) is 0 Å². The second-order valence-electron chi connectivity index (χ2n) is 8.71. The number of pyridine rings is 1. The van der Waals surface area contributed by atoms with Crippen LogP contribution in [0.4, 0.5) is 5.69 Å². The van der Waals surface area contributed by atoms with Gasteiger partial charge in [-0.05, 0) is 32.8 Å². The lowest BCUT2D eigenvalue weighted by Gasteiger charge is -2.36. The molecule has 174 valence electrons. The molecule has 4 rings (SSSR count). The van der Waals surface area contributed by atoms with Gasteiger partial charge in [0.2, 0.25) is 11.8 Å². The molecule has 33 heavy (non-hydrogen) atoms. The van der Waals surface area contributed by atoms with E-state index < -0.39 is 22.9 Å². The summed E-state index contributed by atoms with van der Waals surface area (Å²) in [6.45, 7) is 10.2.